The smallest absolute Gasteiger partial charge is 0.433 e. The Bertz CT molecular complexity index is 1360. The molecule has 1 amide bonds. The topological polar surface area (TPSA) is 118 Å². The van der Waals surface area contributed by atoms with Gasteiger partial charge in [-0.1, -0.05) is 29.3 Å². The molecule has 206 valence electrons. The highest BCUT2D eigenvalue weighted by atomic mass is 35.5. The van der Waals surface area contributed by atoms with E-state index in [4.69, 9.17) is 23.2 Å². The van der Waals surface area contributed by atoms with E-state index in [0.717, 1.165) is 15.8 Å². The fourth-order valence-corrected chi connectivity index (χ4v) is 5.21. The maximum absolute atomic E-state index is 14.3. The number of ketones is 1. The van der Waals surface area contributed by atoms with E-state index >= 15 is 0 Å². The minimum atomic E-state index is -4.95. The molecule has 0 bridgehead atoms. The molecule has 0 aromatic carbocycles. The molecule has 0 spiro atoms. The molecule has 0 aliphatic heterocycles. The third-order valence-electron chi connectivity index (χ3n) is 6.52. The van der Waals surface area contributed by atoms with Gasteiger partial charge in [0.05, 0.1) is 58.1 Å². The highest BCUT2D eigenvalue weighted by Crippen LogP contribution is 2.39. The second-order valence-electron chi connectivity index (χ2n) is 9.08. The molecule has 0 unspecified atom stereocenters. The summed E-state index contributed by atoms with van der Waals surface area (Å²) in [5, 5.41) is 13.0. The zero-order valence-corrected chi connectivity index (χ0v) is 21.7. The number of carbonyl (C=O) groups excluding carboxylic acids is 2. The Morgan fingerprint density at radius 3 is 2.28 bits per heavy atom. The van der Waals surface area contributed by atoms with Crippen LogP contribution >= 0.6 is 23.2 Å². The fraction of sp³-hybridized carbons (Fsp3) is 0.360. The number of aromatic nitrogens is 4. The van der Waals surface area contributed by atoms with Crippen molar-refractivity contribution in [3.63, 3.8) is 0 Å². The average Bonchev–Trinajstić information content (AvgIpc) is 3.34. The molecular formula is C25H22Cl2F3N5O4. The van der Waals surface area contributed by atoms with Crippen LogP contribution in [0.1, 0.15) is 63.8 Å². The molecule has 3 aromatic heterocycles. The Hall–Kier alpha value is -3.51. The summed E-state index contributed by atoms with van der Waals surface area (Å²) in [5.41, 5.74) is -1.78. The van der Waals surface area contributed by atoms with Gasteiger partial charge in [-0.05, 0) is 37.8 Å². The van der Waals surface area contributed by atoms with E-state index in [-0.39, 0.29) is 47.8 Å². The van der Waals surface area contributed by atoms with E-state index in [2.05, 4.69) is 15.1 Å². The number of rotatable bonds is 8. The number of Topliss-reactive ketones (excluding diaryl/α,β-unsaturated/α-hetero) is 1. The van der Waals surface area contributed by atoms with Gasteiger partial charge in [0.2, 0.25) is 0 Å². The number of alkyl halides is 3. The first-order valence-corrected chi connectivity index (χ1v) is 12.6. The Labute approximate surface area is 230 Å². The van der Waals surface area contributed by atoms with E-state index in [9.17, 15) is 32.7 Å². The van der Waals surface area contributed by atoms with Crippen molar-refractivity contribution < 1.29 is 32.7 Å². The molecule has 3 heterocycles. The van der Waals surface area contributed by atoms with Crippen molar-refractivity contribution in [3.05, 3.63) is 75.5 Å². The van der Waals surface area contributed by atoms with Crippen molar-refractivity contribution in [2.75, 3.05) is 6.54 Å². The zero-order valence-electron chi connectivity index (χ0n) is 20.2. The number of amides is 1. The van der Waals surface area contributed by atoms with Crippen LogP contribution in [-0.4, -0.2) is 54.0 Å². The number of halogens is 5. The lowest BCUT2D eigenvalue weighted by Crippen LogP contribution is -2.37. The van der Waals surface area contributed by atoms with Crippen LogP contribution in [-0.2, 0) is 17.5 Å². The summed E-state index contributed by atoms with van der Waals surface area (Å²) in [6.45, 7) is -0.928. The van der Waals surface area contributed by atoms with Gasteiger partial charge in [0.15, 0.2) is 11.5 Å². The molecule has 3 aromatic rings. The van der Waals surface area contributed by atoms with Crippen LogP contribution in [0.4, 0.5) is 13.2 Å². The molecular weight excluding hydrogens is 562 g/mol. The number of pyridine rings is 2. The summed E-state index contributed by atoms with van der Waals surface area (Å²) in [6.07, 6.45) is 0.397. The molecule has 39 heavy (non-hydrogen) atoms. The number of carboxylic acid groups (broad SMARTS) is 1. The molecule has 4 rings (SSSR count). The van der Waals surface area contributed by atoms with Gasteiger partial charge >= 0.3 is 12.1 Å². The minimum Gasteiger partial charge on any atom is -0.481 e. The molecule has 0 atom stereocenters. The zero-order chi connectivity index (χ0) is 28.3. The van der Waals surface area contributed by atoms with Gasteiger partial charge in [-0.15, -0.1) is 0 Å². The molecule has 1 saturated carbocycles. The van der Waals surface area contributed by atoms with Gasteiger partial charge in [-0.25, -0.2) is 0 Å². The number of aliphatic carboxylic acids is 1. The van der Waals surface area contributed by atoms with Crippen LogP contribution < -0.4 is 0 Å². The third-order valence-corrected chi connectivity index (χ3v) is 7.09. The molecule has 9 nitrogen and oxygen atoms in total. The van der Waals surface area contributed by atoms with Gasteiger partial charge < -0.3 is 10.0 Å². The van der Waals surface area contributed by atoms with Crippen LogP contribution in [0.2, 0.25) is 10.0 Å². The van der Waals surface area contributed by atoms with Crippen molar-refractivity contribution in [3.8, 4) is 0 Å². The van der Waals surface area contributed by atoms with Crippen LogP contribution in [0, 0.1) is 5.92 Å². The van der Waals surface area contributed by atoms with Gasteiger partial charge in [0.1, 0.15) is 0 Å². The third kappa shape index (κ3) is 6.39. The summed E-state index contributed by atoms with van der Waals surface area (Å²) < 4.78 is 43.8. The van der Waals surface area contributed by atoms with Crippen LogP contribution in [0.3, 0.4) is 0 Å². The minimum absolute atomic E-state index is 0.0708. The van der Waals surface area contributed by atoms with E-state index in [1.807, 2.05) is 0 Å². The van der Waals surface area contributed by atoms with E-state index in [1.54, 1.807) is 18.2 Å². The predicted molar refractivity (Wildman–Crippen MR) is 133 cm³/mol. The van der Waals surface area contributed by atoms with Gasteiger partial charge in [0.25, 0.3) is 5.91 Å². The second-order valence-corrected chi connectivity index (χ2v) is 9.89. The van der Waals surface area contributed by atoms with E-state index in [1.165, 1.54) is 18.6 Å². The van der Waals surface area contributed by atoms with Gasteiger partial charge in [0, 0.05) is 18.6 Å². The summed E-state index contributed by atoms with van der Waals surface area (Å²) in [6, 6.07) is 4.09. The Balaban J connectivity index is 1.69. The number of nitrogens with zero attached hydrogens (tertiary/aromatic N) is 5. The van der Waals surface area contributed by atoms with Crippen LogP contribution in [0.25, 0.3) is 0 Å². The first-order chi connectivity index (χ1) is 18.5. The van der Waals surface area contributed by atoms with Crippen LogP contribution in [0.15, 0.2) is 43.0 Å². The lowest BCUT2D eigenvalue weighted by Gasteiger charge is -2.28. The summed E-state index contributed by atoms with van der Waals surface area (Å²) in [7, 11) is 0. The highest BCUT2D eigenvalue weighted by molar-refractivity contribution is 6.39. The van der Waals surface area contributed by atoms with E-state index < -0.39 is 53.6 Å². The number of carbonyl (C=O) groups is 3. The molecule has 1 aliphatic rings. The predicted octanol–water partition coefficient (Wildman–Crippen LogP) is 5.34. The summed E-state index contributed by atoms with van der Waals surface area (Å²) >= 11 is 12.2. The van der Waals surface area contributed by atoms with Crippen molar-refractivity contribution in [1.82, 2.24) is 24.6 Å². The Morgan fingerprint density at radius 2 is 1.72 bits per heavy atom. The standard InChI is InChI=1S/C25H22Cl2F3N5O4/c26-18-10-31-11-19(27)21(18)20(36)13-34(12-15-3-1-2-8-32-15)23(37)17-9-33-35(22(17)25(28,29)30)16-6-4-14(5-7-16)24(38)39/h1-3,8-11,14,16H,4-7,12-13H2,(H,38,39)/t14-,16-. The average molecular weight is 584 g/mol. The van der Waals surface area contributed by atoms with E-state index in [0.29, 0.717) is 5.69 Å². The summed E-state index contributed by atoms with van der Waals surface area (Å²) in [4.78, 5) is 46.9. The normalized spacial score (nSPS) is 17.6. The lowest BCUT2D eigenvalue weighted by atomic mass is 9.86. The van der Waals surface area contributed by atoms with Crippen molar-refractivity contribution in [2.45, 2.75) is 44.4 Å². The van der Waals surface area contributed by atoms with Gasteiger partial charge in [-0.3, -0.25) is 29.0 Å². The maximum atomic E-state index is 14.3. The number of hydrogen-bond acceptors (Lipinski definition) is 6. The van der Waals surface area contributed by atoms with Crippen LogP contribution in [0.5, 0.6) is 0 Å². The number of carboxylic acids is 1. The summed E-state index contributed by atoms with van der Waals surface area (Å²) in [5.74, 6) is -3.43. The fourth-order valence-electron chi connectivity index (χ4n) is 4.63. The number of hydrogen-bond donors (Lipinski definition) is 1. The molecule has 1 fully saturated rings. The molecule has 0 saturated heterocycles. The van der Waals surface area contributed by atoms with Crippen molar-refractivity contribution in [2.24, 2.45) is 5.92 Å². The van der Waals surface area contributed by atoms with Crippen molar-refractivity contribution in [1.29, 1.82) is 0 Å². The molecule has 1 N–H and O–H groups in total. The second kappa shape index (κ2) is 11.7. The first-order valence-electron chi connectivity index (χ1n) is 11.9. The maximum Gasteiger partial charge on any atom is 0.433 e. The Morgan fingerprint density at radius 1 is 1.05 bits per heavy atom. The monoisotopic (exact) mass is 583 g/mol. The molecule has 1 aliphatic carbocycles. The quantitative estimate of drug-likeness (QED) is 0.355. The van der Waals surface area contributed by atoms with Gasteiger partial charge in [-0.2, -0.15) is 18.3 Å². The lowest BCUT2D eigenvalue weighted by molar-refractivity contribution is -0.147. The SMILES string of the molecule is O=C(CN(Cc1ccccn1)C(=O)c1cnn([C@H]2CC[C@H](C(=O)O)CC2)c1C(F)(F)F)c1c(Cl)cncc1Cl. The molecule has 14 heteroatoms. The highest BCUT2D eigenvalue weighted by Gasteiger charge is 2.43. The largest absolute Gasteiger partial charge is 0.481 e. The Kier molecular flexibility index (Phi) is 8.55. The first kappa shape index (κ1) is 28.5. The van der Waals surface area contributed by atoms with Crippen molar-refractivity contribution >= 4 is 40.9 Å². The molecule has 0 radical (unpaired) electrons.